The van der Waals surface area contributed by atoms with Crippen molar-refractivity contribution in [2.45, 2.75) is 89.8 Å². The third kappa shape index (κ3) is 8.46. The lowest BCUT2D eigenvalue weighted by molar-refractivity contribution is -0.137. The maximum Gasteiger partial charge on any atom is 0.303 e. The molecule has 2 heterocycles. The molecule has 0 radical (unpaired) electrons. The summed E-state index contributed by atoms with van der Waals surface area (Å²) in [5.41, 5.74) is 0. The molecule has 2 amide bonds. The molecule has 0 aliphatic carbocycles. The Bertz CT molecular complexity index is 592. The first kappa shape index (κ1) is 24.4. The molecule has 7 nitrogen and oxygen atoms in total. The number of carboxylic acid groups (broad SMARTS) is 1. The molecule has 2 bridgehead atoms. The van der Waals surface area contributed by atoms with Crippen molar-refractivity contribution in [1.82, 2.24) is 10.6 Å². The summed E-state index contributed by atoms with van der Waals surface area (Å²) in [6.07, 6.45) is 14.0. The van der Waals surface area contributed by atoms with E-state index in [0.717, 1.165) is 51.4 Å². The third-order valence-corrected chi connectivity index (χ3v) is 6.18. The zero-order valence-electron chi connectivity index (χ0n) is 18.2. The van der Waals surface area contributed by atoms with Gasteiger partial charge in [0.2, 0.25) is 11.8 Å². The molecule has 170 valence electrons. The number of rotatable bonds is 15. The molecule has 0 aromatic heterocycles. The van der Waals surface area contributed by atoms with Crippen molar-refractivity contribution in [1.29, 1.82) is 0 Å². The second-order valence-corrected chi connectivity index (χ2v) is 8.48. The van der Waals surface area contributed by atoms with Gasteiger partial charge >= 0.3 is 5.97 Å². The van der Waals surface area contributed by atoms with Crippen molar-refractivity contribution in [3.63, 3.8) is 0 Å². The van der Waals surface area contributed by atoms with Crippen molar-refractivity contribution in [2.75, 3.05) is 13.1 Å². The van der Waals surface area contributed by atoms with E-state index < -0.39 is 5.97 Å². The number of fused-ring (bicyclic) bond motifs is 2. The lowest BCUT2D eigenvalue weighted by Gasteiger charge is -2.27. The van der Waals surface area contributed by atoms with Gasteiger partial charge in [-0.05, 0) is 56.8 Å². The fourth-order valence-electron chi connectivity index (χ4n) is 4.58. The van der Waals surface area contributed by atoms with Crippen LogP contribution < -0.4 is 10.6 Å². The largest absolute Gasteiger partial charge is 0.481 e. The van der Waals surface area contributed by atoms with Crippen LogP contribution >= 0.6 is 0 Å². The van der Waals surface area contributed by atoms with Crippen molar-refractivity contribution >= 4 is 17.8 Å². The summed E-state index contributed by atoms with van der Waals surface area (Å²) in [5, 5.41) is 14.3. The molecule has 0 aromatic rings. The van der Waals surface area contributed by atoms with Crippen LogP contribution in [0.25, 0.3) is 0 Å². The highest BCUT2D eigenvalue weighted by Gasteiger charge is 2.47. The minimum Gasteiger partial charge on any atom is -0.481 e. The zero-order valence-corrected chi connectivity index (χ0v) is 18.2. The summed E-state index contributed by atoms with van der Waals surface area (Å²) < 4.78 is 6.11. The van der Waals surface area contributed by atoms with E-state index in [-0.39, 0.29) is 30.9 Å². The van der Waals surface area contributed by atoms with Gasteiger partial charge in [0.25, 0.3) is 0 Å². The Hall–Kier alpha value is -1.89. The van der Waals surface area contributed by atoms with Crippen LogP contribution in [-0.2, 0) is 19.1 Å². The van der Waals surface area contributed by atoms with Gasteiger partial charge in [0.05, 0.1) is 18.8 Å². The van der Waals surface area contributed by atoms with E-state index in [1.54, 1.807) is 0 Å². The molecule has 30 heavy (non-hydrogen) atoms. The monoisotopic (exact) mass is 422 g/mol. The summed E-state index contributed by atoms with van der Waals surface area (Å²) >= 11 is 0. The van der Waals surface area contributed by atoms with Crippen molar-refractivity contribution in [3.05, 3.63) is 12.2 Å². The number of unbranched alkanes of at least 4 members (excludes halogenated alkanes) is 3. The Morgan fingerprint density at radius 1 is 0.967 bits per heavy atom. The number of amides is 2. The SMILES string of the molecule is CCCCCC(=O)NCC(=O)NCC[C@H]1[C@@H](CC=CCCCC(=O)O)[C@H]2CC[C@@H]1O2. The number of hydrogen-bond acceptors (Lipinski definition) is 4. The van der Waals surface area contributed by atoms with Gasteiger partial charge in [0.1, 0.15) is 0 Å². The van der Waals surface area contributed by atoms with Crippen LogP contribution in [0, 0.1) is 11.8 Å². The van der Waals surface area contributed by atoms with Gasteiger partial charge in [-0.25, -0.2) is 0 Å². The van der Waals surface area contributed by atoms with Gasteiger partial charge in [-0.15, -0.1) is 0 Å². The second-order valence-electron chi connectivity index (χ2n) is 8.48. The van der Waals surface area contributed by atoms with Crippen LogP contribution in [0.4, 0.5) is 0 Å². The number of carbonyl (C=O) groups excluding carboxylic acids is 2. The van der Waals surface area contributed by atoms with E-state index in [2.05, 4.69) is 29.7 Å². The summed E-state index contributed by atoms with van der Waals surface area (Å²) in [7, 11) is 0. The van der Waals surface area contributed by atoms with E-state index in [9.17, 15) is 14.4 Å². The van der Waals surface area contributed by atoms with Crippen LogP contribution in [0.15, 0.2) is 12.2 Å². The molecule has 0 unspecified atom stereocenters. The molecule has 0 spiro atoms. The molecule has 4 atom stereocenters. The first-order chi connectivity index (χ1) is 14.5. The minimum atomic E-state index is -0.747. The molecule has 7 heteroatoms. The topological polar surface area (TPSA) is 105 Å². The second kappa shape index (κ2) is 13.4. The molecule has 2 saturated heterocycles. The van der Waals surface area contributed by atoms with Gasteiger partial charge < -0.3 is 20.5 Å². The molecule has 0 aromatic carbocycles. The van der Waals surface area contributed by atoms with Crippen LogP contribution in [0.3, 0.4) is 0 Å². The Balaban J connectivity index is 1.64. The van der Waals surface area contributed by atoms with E-state index in [1.165, 1.54) is 0 Å². The minimum absolute atomic E-state index is 0.0423. The predicted molar refractivity (Wildman–Crippen MR) is 115 cm³/mol. The highest BCUT2D eigenvalue weighted by molar-refractivity contribution is 5.84. The lowest BCUT2D eigenvalue weighted by atomic mass is 9.76. The van der Waals surface area contributed by atoms with Gasteiger partial charge in [-0.1, -0.05) is 31.9 Å². The smallest absolute Gasteiger partial charge is 0.303 e. The first-order valence-electron chi connectivity index (χ1n) is 11.6. The van der Waals surface area contributed by atoms with E-state index in [0.29, 0.717) is 37.3 Å². The van der Waals surface area contributed by atoms with E-state index in [4.69, 9.17) is 9.84 Å². The standard InChI is InChI=1S/C23H38N2O5/c1-2-3-6-10-21(26)25-16-22(27)24-15-14-18-17(19-12-13-20(18)30-19)9-7-4-5-8-11-23(28)29/h4,7,17-20H,2-3,5-6,8-16H2,1H3,(H,24,27)(H,25,26)(H,28,29)/t17-,18+,19-,20+/m1/s1. The molecule has 2 aliphatic heterocycles. The number of nitrogens with one attached hydrogen (secondary N) is 2. The van der Waals surface area contributed by atoms with Gasteiger partial charge in [0, 0.05) is 19.4 Å². The summed E-state index contributed by atoms with van der Waals surface area (Å²) in [6.45, 7) is 2.73. The number of carbonyl (C=O) groups is 3. The number of ether oxygens (including phenoxy) is 1. The van der Waals surface area contributed by atoms with Crippen molar-refractivity contribution in [3.8, 4) is 0 Å². The lowest BCUT2D eigenvalue weighted by Crippen LogP contribution is -2.38. The fraction of sp³-hybridized carbons (Fsp3) is 0.783. The van der Waals surface area contributed by atoms with Crippen LogP contribution in [0.1, 0.15) is 77.6 Å². The Morgan fingerprint density at radius 3 is 2.47 bits per heavy atom. The highest BCUT2D eigenvalue weighted by atomic mass is 16.5. The number of aliphatic carboxylic acids is 1. The van der Waals surface area contributed by atoms with Crippen LogP contribution in [0.2, 0.25) is 0 Å². The van der Waals surface area contributed by atoms with Gasteiger partial charge in [-0.3, -0.25) is 14.4 Å². The molecule has 2 rings (SSSR count). The Morgan fingerprint density at radius 2 is 1.73 bits per heavy atom. The van der Waals surface area contributed by atoms with Gasteiger partial charge in [0.15, 0.2) is 0 Å². The Kier molecular flexibility index (Phi) is 10.9. The average molecular weight is 423 g/mol. The zero-order chi connectivity index (χ0) is 21.8. The molecular weight excluding hydrogens is 384 g/mol. The van der Waals surface area contributed by atoms with Crippen molar-refractivity contribution < 1.29 is 24.2 Å². The quantitative estimate of drug-likeness (QED) is 0.278. The maximum absolute atomic E-state index is 12.0. The number of carboxylic acids is 1. The maximum atomic E-state index is 12.0. The number of hydrogen-bond donors (Lipinski definition) is 3. The summed E-state index contributed by atoms with van der Waals surface area (Å²) in [4.78, 5) is 34.2. The van der Waals surface area contributed by atoms with Gasteiger partial charge in [-0.2, -0.15) is 0 Å². The average Bonchev–Trinajstić information content (AvgIpc) is 3.31. The molecule has 0 saturated carbocycles. The third-order valence-electron chi connectivity index (χ3n) is 6.18. The summed E-state index contributed by atoms with van der Waals surface area (Å²) in [6, 6.07) is 0. The first-order valence-corrected chi connectivity index (χ1v) is 11.6. The number of allylic oxidation sites excluding steroid dienone is 2. The molecular formula is C23H38N2O5. The fourth-order valence-corrected chi connectivity index (χ4v) is 4.58. The molecule has 2 fully saturated rings. The summed E-state index contributed by atoms with van der Waals surface area (Å²) in [5.74, 6) is -0.0397. The van der Waals surface area contributed by atoms with E-state index in [1.807, 2.05) is 0 Å². The van der Waals surface area contributed by atoms with Crippen LogP contribution in [0.5, 0.6) is 0 Å². The molecule has 3 N–H and O–H groups in total. The van der Waals surface area contributed by atoms with E-state index >= 15 is 0 Å². The Labute approximate surface area is 180 Å². The van der Waals surface area contributed by atoms with Crippen molar-refractivity contribution in [2.24, 2.45) is 11.8 Å². The highest BCUT2D eigenvalue weighted by Crippen LogP contribution is 2.46. The normalized spacial score (nSPS) is 25.0. The predicted octanol–water partition coefficient (Wildman–Crippen LogP) is 3.18. The molecule has 2 aliphatic rings. The van der Waals surface area contributed by atoms with Crippen LogP contribution in [-0.4, -0.2) is 48.2 Å².